The molecule has 22 heavy (non-hydrogen) atoms. The first-order valence-electron chi connectivity index (χ1n) is 6.85. The van der Waals surface area contributed by atoms with Gasteiger partial charge in [-0.25, -0.2) is 9.78 Å². The Labute approximate surface area is 133 Å². The Balaban J connectivity index is 2.21. The first-order chi connectivity index (χ1) is 10.3. The molecule has 0 spiro atoms. The zero-order valence-electron chi connectivity index (χ0n) is 13.0. The molecule has 0 fully saturated rings. The molecule has 1 N–H and O–H groups in total. The number of aromatic nitrogens is 1. The summed E-state index contributed by atoms with van der Waals surface area (Å²) in [4.78, 5) is 30.5. The van der Waals surface area contributed by atoms with E-state index < -0.39 is 5.97 Å². The maximum atomic E-state index is 12.5. The van der Waals surface area contributed by atoms with Crippen molar-refractivity contribution in [1.29, 1.82) is 0 Å². The lowest BCUT2D eigenvalue weighted by Gasteiger charge is -2.24. The van der Waals surface area contributed by atoms with Gasteiger partial charge in [0, 0.05) is 17.5 Å². The number of aryl methyl sites for hydroxylation is 2. The van der Waals surface area contributed by atoms with E-state index in [0.29, 0.717) is 5.56 Å². The highest BCUT2D eigenvalue weighted by molar-refractivity contribution is 7.11. The van der Waals surface area contributed by atoms with Crippen molar-refractivity contribution in [3.8, 4) is 0 Å². The Morgan fingerprint density at radius 2 is 1.73 bits per heavy atom. The lowest BCUT2D eigenvalue weighted by Crippen LogP contribution is -2.29. The van der Waals surface area contributed by atoms with E-state index in [1.165, 1.54) is 12.1 Å². The third-order valence-corrected chi connectivity index (χ3v) is 4.84. The second-order valence-corrected chi connectivity index (χ2v) is 6.39. The predicted molar refractivity (Wildman–Crippen MR) is 85.5 cm³/mol. The molecule has 0 radical (unpaired) electrons. The molecule has 0 saturated carbocycles. The second kappa shape index (κ2) is 6.27. The quantitative estimate of drug-likeness (QED) is 0.939. The van der Waals surface area contributed by atoms with E-state index in [2.05, 4.69) is 4.98 Å². The standard InChI is InChI=1S/C16H18N2O3S/c1-9-14(22-11(3)17-9)10(2)18(4)15(19)12-5-7-13(8-6-12)16(20)21/h5-8,10H,1-4H3,(H,20,21)/t10-/m1/s1. The summed E-state index contributed by atoms with van der Waals surface area (Å²) in [5.74, 6) is -1.15. The van der Waals surface area contributed by atoms with Crippen molar-refractivity contribution < 1.29 is 14.7 Å². The maximum Gasteiger partial charge on any atom is 0.335 e. The highest BCUT2D eigenvalue weighted by Crippen LogP contribution is 2.29. The van der Waals surface area contributed by atoms with E-state index in [1.54, 1.807) is 35.4 Å². The van der Waals surface area contributed by atoms with Crippen LogP contribution in [0.4, 0.5) is 0 Å². The second-order valence-electron chi connectivity index (χ2n) is 5.16. The molecule has 0 unspecified atom stereocenters. The molecule has 2 rings (SSSR count). The molecule has 116 valence electrons. The van der Waals surface area contributed by atoms with E-state index in [4.69, 9.17) is 5.11 Å². The Morgan fingerprint density at radius 1 is 1.18 bits per heavy atom. The summed E-state index contributed by atoms with van der Waals surface area (Å²) >= 11 is 1.59. The van der Waals surface area contributed by atoms with Gasteiger partial charge in [0.2, 0.25) is 0 Å². The number of rotatable bonds is 4. The van der Waals surface area contributed by atoms with Gasteiger partial charge in [-0.3, -0.25) is 4.79 Å². The molecule has 0 aliphatic rings. The summed E-state index contributed by atoms with van der Waals surface area (Å²) in [5.41, 5.74) is 1.58. The fourth-order valence-electron chi connectivity index (χ4n) is 2.25. The zero-order valence-corrected chi connectivity index (χ0v) is 13.8. The van der Waals surface area contributed by atoms with E-state index in [9.17, 15) is 9.59 Å². The summed E-state index contributed by atoms with van der Waals surface area (Å²) in [6, 6.07) is 5.88. The van der Waals surface area contributed by atoms with E-state index in [-0.39, 0.29) is 17.5 Å². The monoisotopic (exact) mass is 318 g/mol. The van der Waals surface area contributed by atoms with Gasteiger partial charge >= 0.3 is 5.97 Å². The van der Waals surface area contributed by atoms with Gasteiger partial charge < -0.3 is 10.0 Å². The number of carbonyl (C=O) groups excluding carboxylic acids is 1. The van der Waals surface area contributed by atoms with Crippen molar-refractivity contribution in [2.24, 2.45) is 0 Å². The largest absolute Gasteiger partial charge is 0.478 e. The van der Waals surface area contributed by atoms with Crippen molar-refractivity contribution in [1.82, 2.24) is 9.88 Å². The zero-order chi connectivity index (χ0) is 16.4. The number of carbonyl (C=O) groups is 2. The lowest BCUT2D eigenvalue weighted by molar-refractivity contribution is 0.0693. The number of thiazole rings is 1. The van der Waals surface area contributed by atoms with Gasteiger partial charge in [0.25, 0.3) is 5.91 Å². The van der Waals surface area contributed by atoms with Crippen molar-refractivity contribution in [3.05, 3.63) is 51.0 Å². The lowest BCUT2D eigenvalue weighted by atomic mass is 10.1. The van der Waals surface area contributed by atoms with E-state index in [1.807, 2.05) is 20.8 Å². The number of hydrogen-bond donors (Lipinski definition) is 1. The number of amides is 1. The Morgan fingerprint density at radius 3 is 2.18 bits per heavy atom. The number of aromatic carboxylic acids is 1. The number of carboxylic acid groups (broad SMARTS) is 1. The van der Waals surface area contributed by atoms with Crippen LogP contribution in [0.25, 0.3) is 0 Å². The SMILES string of the molecule is Cc1nc(C)c([C@@H](C)N(C)C(=O)c2ccc(C(=O)O)cc2)s1. The highest BCUT2D eigenvalue weighted by atomic mass is 32.1. The van der Waals surface area contributed by atoms with Gasteiger partial charge in [0.15, 0.2) is 0 Å². The molecule has 0 bridgehead atoms. The van der Waals surface area contributed by atoms with Crippen LogP contribution in [-0.2, 0) is 0 Å². The number of hydrogen-bond acceptors (Lipinski definition) is 4. The number of carboxylic acids is 1. The third-order valence-electron chi connectivity index (χ3n) is 3.60. The Kier molecular flexibility index (Phi) is 4.61. The molecule has 1 aromatic carbocycles. The molecule has 1 aromatic heterocycles. The van der Waals surface area contributed by atoms with Crippen LogP contribution in [-0.4, -0.2) is 33.9 Å². The molecule has 1 heterocycles. The Hall–Kier alpha value is -2.21. The molecule has 0 aliphatic heterocycles. The van der Waals surface area contributed by atoms with Gasteiger partial charge in [-0.15, -0.1) is 11.3 Å². The van der Waals surface area contributed by atoms with Crippen LogP contribution in [0.2, 0.25) is 0 Å². The van der Waals surface area contributed by atoms with Gasteiger partial charge in [-0.05, 0) is 45.0 Å². The summed E-state index contributed by atoms with van der Waals surface area (Å²) in [5, 5.41) is 9.87. The topological polar surface area (TPSA) is 70.5 Å². The van der Waals surface area contributed by atoms with Crippen molar-refractivity contribution in [2.45, 2.75) is 26.8 Å². The first kappa shape index (κ1) is 16.2. The normalized spacial score (nSPS) is 12.0. The van der Waals surface area contributed by atoms with Crippen LogP contribution in [0.15, 0.2) is 24.3 Å². The van der Waals surface area contributed by atoms with Gasteiger partial charge in [0.1, 0.15) is 0 Å². The minimum absolute atomic E-state index is 0.0853. The van der Waals surface area contributed by atoms with E-state index in [0.717, 1.165) is 15.6 Å². The van der Waals surface area contributed by atoms with Crippen molar-refractivity contribution in [2.75, 3.05) is 7.05 Å². The maximum absolute atomic E-state index is 12.5. The molecule has 5 nitrogen and oxygen atoms in total. The van der Waals surface area contributed by atoms with Gasteiger partial charge in [0.05, 0.1) is 22.3 Å². The number of nitrogens with zero attached hydrogens (tertiary/aromatic N) is 2. The summed E-state index contributed by atoms with van der Waals surface area (Å²) in [6.45, 7) is 5.85. The fourth-order valence-corrected chi connectivity index (χ4v) is 3.27. The van der Waals surface area contributed by atoms with Gasteiger partial charge in [-0.1, -0.05) is 0 Å². The molecule has 6 heteroatoms. The highest BCUT2D eigenvalue weighted by Gasteiger charge is 2.22. The number of benzene rings is 1. The minimum atomic E-state index is -1.00. The molecule has 1 amide bonds. The fraction of sp³-hybridized carbons (Fsp3) is 0.312. The minimum Gasteiger partial charge on any atom is -0.478 e. The average Bonchev–Trinajstić information content (AvgIpc) is 2.83. The summed E-state index contributed by atoms with van der Waals surface area (Å²) < 4.78 is 0. The van der Waals surface area contributed by atoms with Crippen LogP contribution in [0, 0.1) is 13.8 Å². The molecule has 2 aromatic rings. The molecular formula is C16H18N2O3S. The molecule has 0 saturated heterocycles. The molecule has 1 atom stereocenters. The Bertz CT molecular complexity index is 707. The van der Waals surface area contributed by atoms with Crippen LogP contribution < -0.4 is 0 Å². The summed E-state index contributed by atoms with van der Waals surface area (Å²) in [7, 11) is 1.74. The average molecular weight is 318 g/mol. The smallest absolute Gasteiger partial charge is 0.335 e. The van der Waals surface area contributed by atoms with Crippen molar-refractivity contribution >= 4 is 23.2 Å². The predicted octanol–water partition coefficient (Wildman–Crippen LogP) is 3.29. The van der Waals surface area contributed by atoms with Gasteiger partial charge in [-0.2, -0.15) is 0 Å². The first-order valence-corrected chi connectivity index (χ1v) is 7.67. The van der Waals surface area contributed by atoms with E-state index >= 15 is 0 Å². The summed E-state index contributed by atoms with van der Waals surface area (Å²) in [6.07, 6.45) is 0. The van der Waals surface area contributed by atoms with Crippen LogP contribution >= 0.6 is 11.3 Å². The van der Waals surface area contributed by atoms with Crippen molar-refractivity contribution in [3.63, 3.8) is 0 Å². The van der Waals surface area contributed by atoms with Crippen LogP contribution in [0.1, 0.15) is 49.3 Å². The van der Waals surface area contributed by atoms with Crippen LogP contribution in [0.3, 0.4) is 0 Å². The van der Waals surface area contributed by atoms with Crippen LogP contribution in [0.5, 0.6) is 0 Å². The molecule has 0 aliphatic carbocycles. The third kappa shape index (κ3) is 3.17. The molecular weight excluding hydrogens is 300 g/mol.